The summed E-state index contributed by atoms with van der Waals surface area (Å²) >= 11 is 0. The molecule has 0 amide bonds. The molecule has 1 fully saturated rings. The molecule has 1 aromatic carbocycles. The quantitative estimate of drug-likeness (QED) is 0.909. The van der Waals surface area contributed by atoms with Crippen LogP contribution in [-0.2, 0) is 0 Å². The molecule has 0 bridgehead atoms. The van der Waals surface area contributed by atoms with Crippen molar-refractivity contribution in [3.05, 3.63) is 52.8 Å². The Morgan fingerprint density at radius 3 is 2.58 bits per heavy atom. The van der Waals surface area contributed by atoms with Gasteiger partial charge in [-0.25, -0.2) is 4.79 Å². The average molecular weight is 255 g/mol. The van der Waals surface area contributed by atoms with Crippen molar-refractivity contribution in [3.63, 3.8) is 0 Å². The molecule has 1 aliphatic carbocycles. The number of aromatic carboxylic acids is 1. The van der Waals surface area contributed by atoms with Gasteiger partial charge in [-0.15, -0.1) is 0 Å². The van der Waals surface area contributed by atoms with Crippen LogP contribution in [-0.4, -0.2) is 15.6 Å². The number of benzene rings is 1. The smallest absolute Gasteiger partial charge is 0.337 e. The van der Waals surface area contributed by atoms with Gasteiger partial charge >= 0.3 is 5.97 Å². The minimum absolute atomic E-state index is 0.384. The van der Waals surface area contributed by atoms with Gasteiger partial charge in [0.05, 0.1) is 5.56 Å². The normalized spacial score (nSPS) is 14.6. The molecule has 3 rings (SSSR count). The standard InChI is InChI=1S/C16H17NO2/c1-10-8-15(16(18)19)11(2)17(10)14-5-3-4-13(9-14)12-6-7-12/h3-5,8-9,12H,6-7H2,1-2H3,(H,18,19). The van der Waals surface area contributed by atoms with Crippen molar-refractivity contribution in [2.24, 2.45) is 0 Å². The van der Waals surface area contributed by atoms with Crippen LogP contribution < -0.4 is 0 Å². The Labute approximate surface area is 112 Å². The predicted octanol–water partition coefficient (Wildman–Crippen LogP) is 3.67. The summed E-state index contributed by atoms with van der Waals surface area (Å²) in [6, 6.07) is 10.2. The number of aryl methyl sites for hydroxylation is 1. The van der Waals surface area contributed by atoms with Gasteiger partial charge in [-0.3, -0.25) is 0 Å². The Bertz CT molecular complexity index is 651. The lowest BCUT2D eigenvalue weighted by Gasteiger charge is -2.11. The Kier molecular flexibility index (Phi) is 2.70. The average Bonchev–Trinajstić information content (AvgIpc) is 3.16. The Morgan fingerprint density at radius 1 is 1.26 bits per heavy atom. The third-order valence-electron chi connectivity index (χ3n) is 3.84. The molecule has 0 radical (unpaired) electrons. The number of hydrogen-bond acceptors (Lipinski definition) is 1. The minimum atomic E-state index is -0.863. The summed E-state index contributed by atoms with van der Waals surface area (Å²) in [5.41, 5.74) is 4.56. The SMILES string of the molecule is Cc1cc(C(=O)O)c(C)n1-c1cccc(C2CC2)c1. The largest absolute Gasteiger partial charge is 0.478 e. The summed E-state index contributed by atoms with van der Waals surface area (Å²) in [7, 11) is 0. The number of carboxylic acids is 1. The van der Waals surface area contributed by atoms with Gasteiger partial charge in [0.15, 0.2) is 0 Å². The minimum Gasteiger partial charge on any atom is -0.478 e. The van der Waals surface area contributed by atoms with Crippen LogP contribution in [0.3, 0.4) is 0 Å². The van der Waals surface area contributed by atoms with Crippen molar-refractivity contribution in [1.82, 2.24) is 4.57 Å². The third kappa shape index (κ3) is 2.05. The van der Waals surface area contributed by atoms with Crippen molar-refractivity contribution in [2.75, 3.05) is 0 Å². The monoisotopic (exact) mass is 255 g/mol. The molecule has 0 saturated heterocycles. The molecule has 98 valence electrons. The molecule has 3 heteroatoms. The maximum atomic E-state index is 11.2. The summed E-state index contributed by atoms with van der Waals surface area (Å²) in [6.45, 7) is 3.81. The highest BCUT2D eigenvalue weighted by Gasteiger charge is 2.24. The molecular formula is C16H17NO2. The van der Waals surface area contributed by atoms with Crippen molar-refractivity contribution >= 4 is 5.97 Å². The van der Waals surface area contributed by atoms with E-state index in [9.17, 15) is 9.90 Å². The number of carbonyl (C=O) groups is 1. The highest BCUT2D eigenvalue weighted by molar-refractivity contribution is 5.89. The maximum absolute atomic E-state index is 11.2. The lowest BCUT2D eigenvalue weighted by atomic mass is 10.1. The van der Waals surface area contributed by atoms with Gasteiger partial charge in [0.25, 0.3) is 0 Å². The van der Waals surface area contributed by atoms with Gasteiger partial charge in [0, 0.05) is 17.1 Å². The molecule has 1 N–H and O–H groups in total. The van der Waals surface area contributed by atoms with Gasteiger partial charge in [-0.2, -0.15) is 0 Å². The fourth-order valence-electron chi connectivity index (χ4n) is 2.71. The molecule has 2 aromatic rings. The van der Waals surface area contributed by atoms with Crippen LogP contribution in [0.25, 0.3) is 5.69 Å². The van der Waals surface area contributed by atoms with Crippen molar-refractivity contribution < 1.29 is 9.90 Å². The van der Waals surface area contributed by atoms with E-state index in [2.05, 4.69) is 18.2 Å². The van der Waals surface area contributed by atoms with E-state index in [1.165, 1.54) is 18.4 Å². The first kappa shape index (κ1) is 12.0. The van der Waals surface area contributed by atoms with Crippen molar-refractivity contribution in [1.29, 1.82) is 0 Å². The number of nitrogens with zero attached hydrogens (tertiary/aromatic N) is 1. The van der Waals surface area contributed by atoms with Crippen LogP contribution in [0.4, 0.5) is 0 Å². The third-order valence-corrected chi connectivity index (χ3v) is 3.84. The Balaban J connectivity index is 2.11. The van der Waals surface area contributed by atoms with Gasteiger partial charge < -0.3 is 9.67 Å². The van der Waals surface area contributed by atoms with E-state index in [1.807, 2.05) is 24.5 Å². The molecule has 3 nitrogen and oxygen atoms in total. The van der Waals surface area contributed by atoms with E-state index in [0.29, 0.717) is 11.5 Å². The summed E-state index contributed by atoms with van der Waals surface area (Å²) in [6.07, 6.45) is 2.54. The highest BCUT2D eigenvalue weighted by atomic mass is 16.4. The van der Waals surface area contributed by atoms with Crippen LogP contribution in [0, 0.1) is 13.8 Å². The molecule has 0 spiro atoms. The van der Waals surface area contributed by atoms with Gasteiger partial charge in [-0.1, -0.05) is 12.1 Å². The van der Waals surface area contributed by atoms with E-state index in [-0.39, 0.29) is 0 Å². The Morgan fingerprint density at radius 2 is 2.00 bits per heavy atom. The zero-order chi connectivity index (χ0) is 13.6. The van der Waals surface area contributed by atoms with Gasteiger partial charge in [0.2, 0.25) is 0 Å². The molecule has 1 heterocycles. The molecule has 1 aliphatic rings. The zero-order valence-electron chi connectivity index (χ0n) is 11.2. The first-order chi connectivity index (χ1) is 9.08. The summed E-state index contributed by atoms with van der Waals surface area (Å²) < 4.78 is 2.02. The Hall–Kier alpha value is -2.03. The molecule has 0 atom stereocenters. The van der Waals surface area contributed by atoms with Gasteiger partial charge in [-0.05, 0) is 56.4 Å². The van der Waals surface area contributed by atoms with E-state index < -0.39 is 5.97 Å². The summed E-state index contributed by atoms with van der Waals surface area (Å²) in [4.78, 5) is 11.2. The van der Waals surface area contributed by atoms with Crippen molar-refractivity contribution in [3.8, 4) is 5.69 Å². The fourth-order valence-corrected chi connectivity index (χ4v) is 2.71. The van der Waals surface area contributed by atoms with Crippen LogP contribution in [0.2, 0.25) is 0 Å². The molecule has 0 aliphatic heterocycles. The second-order valence-corrected chi connectivity index (χ2v) is 5.29. The second-order valence-electron chi connectivity index (χ2n) is 5.29. The first-order valence-corrected chi connectivity index (χ1v) is 6.60. The van der Waals surface area contributed by atoms with Gasteiger partial charge in [0.1, 0.15) is 0 Å². The number of rotatable bonds is 3. The van der Waals surface area contributed by atoms with Crippen LogP contribution in [0.5, 0.6) is 0 Å². The first-order valence-electron chi connectivity index (χ1n) is 6.60. The highest BCUT2D eigenvalue weighted by Crippen LogP contribution is 2.40. The fraction of sp³-hybridized carbons (Fsp3) is 0.312. The van der Waals surface area contributed by atoms with Crippen LogP contribution >= 0.6 is 0 Å². The topological polar surface area (TPSA) is 42.2 Å². The lowest BCUT2D eigenvalue weighted by molar-refractivity contribution is 0.0696. The molecule has 19 heavy (non-hydrogen) atoms. The van der Waals surface area contributed by atoms with Crippen molar-refractivity contribution in [2.45, 2.75) is 32.6 Å². The van der Waals surface area contributed by atoms with E-state index in [4.69, 9.17) is 0 Å². The van der Waals surface area contributed by atoms with E-state index >= 15 is 0 Å². The number of carboxylic acid groups (broad SMARTS) is 1. The molecule has 0 unspecified atom stereocenters. The molecule has 1 saturated carbocycles. The number of hydrogen-bond donors (Lipinski definition) is 1. The molecule has 1 aromatic heterocycles. The maximum Gasteiger partial charge on any atom is 0.337 e. The van der Waals surface area contributed by atoms with Crippen LogP contribution in [0.15, 0.2) is 30.3 Å². The van der Waals surface area contributed by atoms with E-state index in [1.54, 1.807) is 6.07 Å². The predicted molar refractivity (Wildman–Crippen MR) is 74.2 cm³/mol. The number of aromatic nitrogens is 1. The lowest BCUT2D eigenvalue weighted by Crippen LogP contribution is -2.02. The van der Waals surface area contributed by atoms with Crippen LogP contribution in [0.1, 0.15) is 46.1 Å². The molecular weight excluding hydrogens is 238 g/mol. The summed E-state index contributed by atoms with van der Waals surface area (Å²) in [5.74, 6) is -0.159. The zero-order valence-corrected chi connectivity index (χ0v) is 11.2. The summed E-state index contributed by atoms with van der Waals surface area (Å²) in [5, 5.41) is 9.19. The second kappa shape index (κ2) is 4.26. The van der Waals surface area contributed by atoms with E-state index in [0.717, 1.165) is 17.1 Å².